The third-order valence-corrected chi connectivity index (χ3v) is 8.66. The minimum Gasteiger partial charge on any atom is -0.492 e. The lowest BCUT2D eigenvalue weighted by atomic mass is 9.74. The van der Waals surface area contributed by atoms with Crippen molar-refractivity contribution in [2.75, 3.05) is 19.7 Å². The predicted molar refractivity (Wildman–Crippen MR) is 138 cm³/mol. The first-order valence-corrected chi connectivity index (χ1v) is 13.4. The molecule has 1 N–H and O–H groups in total. The molecule has 5 heterocycles. The average molecular weight is 530 g/mol. The van der Waals surface area contributed by atoms with Crippen molar-refractivity contribution in [3.05, 3.63) is 76.9 Å². The van der Waals surface area contributed by atoms with Gasteiger partial charge in [0, 0.05) is 46.8 Å². The molecule has 4 aliphatic rings. The van der Waals surface area contributed by atoms with Crippen LogP contribution in [0.15, 0.2) is 48.8 Å². The molecule has 3 amide bonds. The fourth-order valence-electron chi connectivity index (χ4n) is 6.50. The summed E-state index contributed by atoms with van der Waals surface area (Å²) < 4.78 is 21.6. The van der Waals surface area contributed by atoms with Crippen molar-refractivity contribution in [3.63, 3.8) is 0 Å². The summed E-state index contributed by atoms with van der Waals surface area (Å²) in [4.78, 5) is 41.2. The van der Waals surface area contributed by atoms with Gasteiger partial charge in [0.15, 0.2) is 0 Å². The van der Waals surface area contributed by atoms with Gasteiger partial charge >= 0.3 is 0 Å². The quantitative estimate of drug-likeness (QED) is 0.522. The molecule has 0 aliphatic carbocycles. The lowest BCUT2D eigenvalue weighted by Crippen LogP contribution is -2.52. The highest BCUT2D eigenvalue weighted by Crippen LogP contribution is 2.49. The molecular weight excluding hydrogens is 501 g/mol. The zero-order chi connectivity index (χ0) is 26.7. The number of amides is 3. The second kappa shape index (κ2) is 9.01. The number of ether oxygens (including phenoxy) is 1. The number of benzene rings is 2. The van der Waals surface area contributed by atoms with Crippen molar-refractivity contribution in [2.45, 2.75) is 50.2 Å². The summed E-state index contributed by atoms with van der Waals surface area (Å²) in [6, 6.07) is 9.67. The minimum absolute atomic E-state index is 0.0995. The number of nitrogens with one attached hydrogen (secondary N) is 1. The van der Waals surface area contributed by atoms with Crippen molar-refractivity contribution in [2.24, 2.45) is 0 Å². The molecule has 9 nitrogen and oxygen atoms in total. The smallest absolute Gasteiger partial charge is 0.255 e. The Bertz CT molecular complexity index is 1510. The number of hydrogen-bond donors (Lipinski definition) is 1. The Morgan fingerprint density at radius 2 is 1.97 bits per heavy atom. The number of carbonyl (C=O) groups excluding carboxylic acids is 3. The highest BCUT2D eigenvalue weighted by atomic mass is 19.1. The molecule has 39 heavy (non-hydrogen) atoms. The summed E-state index contributed by atoms with van der Waals surface area (Å²) in [5, 5.41) is 6.77. The van der Waals surface area contributed by atoms with Gasteiger partial charge in [-0.2, -0.15) is 5.10 Å². The molecule has 0 radical (unpaired) electrons. The largest absolute Gasteiger partial charge is 0.492 e. The Labute approximate surface area is 224 Å². The summed E-state index contributed by atoms with van der Waals surface area (Å²) in [6.45, 7) is 3.45. The molecule has 2 aromatic carbocycles. The Morgan fingerprint density at radius 1 is 1.13 bits per heavy atom. The maximum Gasteiger partial charge on any atom is 0.255 e. The van der Waals surface area contributed by atoms with Crippen LogP contribution >= 0.6 is 0 Å². The van der Waals surface area contributed by atoms with E-state index in [9.17, 15) is 18.8 Å². The fraction of sp³-hybridized carbons (Fsp3) is 0.379. The summed E-state index contributed by atoms with van der Waals surface area (Å²) in [5.41, 5.74) is 4.26. The molecule has 10 heteroatoms. The van der Waals surface area contributed by atoms with Gasteiger partial charge in [-0.05, 0) is 56.6 Å². The molecule has 1 unspecified atom stereocenters. The van der Waals surface area contributed by atoms with Crippen LogP contribution in [0.4, 0.5) is 4.39 Å². The van der Waals surface area contributed by atoms with Gasteiger partial charge in [-0.25, -0.2) is 9.07 Å². The Hall–Kier alpha value is -4.05. The highest BCUT2D eigenvalue weighted by molar-refractivity contribution is 6.05. The SMILES string of the molecule is O=C1CCC(N2Cc3c(ccc4c3OCC43CCN(Cc4cnn(-c5cccc(F)c5)c4)CC3)C2=O)C(=O)N1. The van der Waals surface area contributed by atoms with Crippen LogP contribution in [0.5, 0.6) is 5.75 Å². The van der Waals surface area contributed by atoms with E-state index in [2.05, 4.69) is 15.3 Å². The van der Waals surface area contributed by atoms with E-state index in [1.54, 1.807) is 15.6 Å². The lowest BCUT2D eigenvalue weighted by molar-refractivity contribution is -0.136. The number of piperidine rings is 2. The lowest BCUT2D eigenvalue weighted by Gasteiger charge is -2.38. The summed E-state index contributed by atoms with van der Waals surface area (Å²) in [5.74, 6) is -0.377. The second-order valence-corrected chi connectivity index (χ2v) is 11.0. The zero-order valence-corrected chi connectivity index (χ0v) is 21.4. The standard InChI is InChI=1S/C29H28FN5O4/c30-19-2-1-3-20(12-19)35-15-18(13-31-35)14-33-10-8-29(9-11-33)17-39-26-22-16-34(24-6-7-25(36)32-27(24)37)28(38)21(22)4-5-23(26)29/h1-5,12-13,15,24H,6-11,14,16-17H2,(H,32,36,37). The number of carbonyl (C=O) groups is 3. The molecule has 4 aliphatic heterocycles. The maximum atomic E-state index is 13.6. The second-order valence-electron chi connectivity index (χ2n) is 11.0. The minimum atomic E-state index is -0.637. The van der Waals surface area contributed by atoms with E-state index >= 15 is 0 Å². The van der Waals surface area contributed by atoms with E-state index in [-0.39, 0.29) is 29.5 Å². The highest BCUT2D eigenvalue weighted by Gasteiger charge is 2.47. The van der Waals surface area contributed by atoms with Gasteiger partial charge in [0.05, 0.1) is 25.0 Å². The number of fused-ring (bicyclic) bond motifs is 4. The molecule has 0 bridgehead atoms. The topological polar surface area (TPSA) is 96.8 Å². The number of hydrogen-bond acceptors (Lipinski definition) is 6. The van der Waals surface area contributed by atoms with Crippen molar-refractivity contribution >= 4 is 17.7 Å². The van der Waals surface area contributed by atoms with Crippen molar-refractivity contribution in [1.29, 1.82) is 0 Å². The van der Waals surface area contributed by atoms with Crippen LogP contribution in [-0.4, -0.2) is 63.0 Å². The molecule has 1 spiro atoms. The van der Waals surface area contributed by atoms with Gasteiger partial charge < -0.3 is 9.64 Å². The van der Waals surface area contributed by atoms with Gasteiger partial charge in [0.1, 0.15) is 17.6 Å². The first-order chi connectivity index (χ1) is 18.9. The third kappa shape index (κ3) is 4.01. The van der Waals surface area contributed by atoms with Crippen LogP contribution < -0.4 is 10.1 Å². The van der Waals surface area contributed by atoms with Crippen molar-refractivity contribution < 1.29 is 23.5 Å². The van der Waals surface area contributed by atoms with E-state index < -0.39 is 11.9 Å². The molecule has 3 aromatic rings. The maximum absolute atomic E-state index is 13.6. The van der Waals surface area contributed by atoms with Gasteiger partial charge in [-0.15, -0.1) is 0 Å². The van der Waals surface area contributed by atoms with Crippen molar-refractivity contribution in [1.82, 2.24) is 24.9 Å². The van der Waals surface area contributed by atoms with Crippen LogP contribution in [0.2, 0.25) is 0 Å². The number of imide groups is 1. The van der Waals surface area contributed by atoms with Crippen LogP contribution in [-0.2, 0) is 28.1 Å². The molecule has 1 aromatic heterocycles. The average Bonchev–Trinajstić information content (AvgIpc) is 3.62. The molecule has 1 atom stereocenters. The number of aromatic nitrogens is 2. The summed E-state index contributed by atoms with van der Waals surface area (Å²) >= 11 is 0. The molecule has 2 saturated heterocycles. The third-order valence-electron chi connectivity index (χ3n) is 8.66. The van der Waals surface area contributed by atoms with Gasteiger partial charge in [-0.1, -0.05) is 12.1 Å². The number of nitrogens with zero attached hydrogens (tertiary/aromatic N) is 4. The van der Waals surface area contributed by atoms with Crippen LogP contribution in [0.1, 0.15) is 52.7 Å². The Kier molecular flexibility index (Phi) is 5.55. The van der Waals surface area contributed by atoms with Crippen LogP contribution in [0.3, 0.4) is 0 Å². The Balaban J connectivity index is 1.04. The Morgan fingerprint density at radius 3 is 2.77 bits per heavy atom. The van der Waals surface area contributed by atoms with Gasteiger partial charge in [-0.3, -0.25) is 24.6 Å². The summed E-state index contributed by atoms with van der Waals surface area (Å²) in [7, 11) is 0. The van der Waals surface area contributed by atoms with Gasteiger partial charge in [0.25, 0.3) is 5.91 Å². The first-order valence-electron chi connectivity index (χ1n) is 13.4. The molecular formula is C29H28FN5O4. The normalized spacial score (nSPS) is 22.1. The van der Waals surface area contributed by atoms with Crippen molar-refractivity contribution in [3.8, 4) is 11.4 Å². The summed E-state index contributed by atoms with van der Waals surface area (Å²) in [6.07, 6.45) is 6.22. The zero-order valence-electron chi connectivity index (χ0n) is 21.4. The number of rotatable bonds is 4. The molecule has 2 fully saturated rings. The fourth-order valence-corrected chi connectivity index (χ4v) is 6.50. The van der Waals surface area contributed by atoms with E-state index in [1.165, 1.54) is 12.1 Å². The number of halogens is 1. The van der Waals surface area contributed by atoms with E-state index in [0.29, 0.717) is 30.8 Å². The first kappa shape index (κ1) is 24.0. The van der Waals surface area contributed by atoms with Crippen LogP contribution in [0.25, 0.3) is 5.69 Å². The monoisotopic (exact) mass is 529 g/mol. The van der Waals surface area contributed by atoms with Gasteiger partial charge in [0.2, 0.25) is 11.8 Å². The van der Waals surface area contributed by atoms with E-state index in [1.807, 2.05) is 30.6 Å². The predicted octanol–water partition coefficient (Wildman–Crippen LogP) is 2.70. The molecule has 7 rings (SSSR count). The van der Waals surface area contributed by atoms with Crippen LogP contribution in [0, 0.1) is 5.82 Å². The van der Waals surface area contributed by atoms with E-state index in [4.69, 9.17) is 4.74 Å². The van der Waals surface area contributed by atoms with E-state index in [0.717, 1.165) is 54.9 Å². The number of likely N-dealkylation sites (tertiary alicyclic amines) is 1. The molecule has 200 valence electrons. The molecule has 0 saturated carbocycles.